The van der Waals surface area contributed by atoms with E-state index in [0.29, 0.717) is 5.92 Å². The minimum Gasteiger partial charge on any atom is -0.330 e. The zero-order valence-electron chi connectivity index (χ0n) is 10.4. The van der Waals surface area contributed by atoms with Crippen LogP contribution in [0.3, 0.4) is 0 Å². The molecule has 2 nitrogen and oxygen atoms in total. The van der Waals surface area contributed by atoms with Gasteiger partial charge in [0.05, 0.1) is 0 Å². The maximum absolute atomic E-state index is 5.76. The summed E-state index contributed by atoms with van der Waals surface area (Å²) >= 11 is 0. The summed E-state index contributed by atoms with van der Waals surface area (Å²) in [5, 5.41) is 0. The average molecular weight is 200 g/mol. The van der Waals surface area contributed by atoms with Crippen molar-refractivity contribution in [3.63, 3.8) is 0 Å². The standard InChI is InChI=1S/C12H28N2/c1-5-8-11(9-13)10-14(4)12(6-2)7-3/h11-12H,5-10,13H2,1-4H3. The van der Waals surface area contributed by atoms with Crippen molar-refractivity contribution in [2.45, 2.75) is 52.5 Å². The van der Waals surface area contributed by atoms with Crippen molar-refractivity contribution in [2.75, 3.05) is 20.1 Å². The molecule has 0 heterocycles. The van der Waals surface area contributed by atoms with E-state index in [9.17, 15) is 0 Å². The number of rotatable bonds is 8. The van der Waals surface area contributed by atoms with Crippen molar-refractivity contribution in [1.82, 2.24) is 4.90 Å². The minimum atomic E-state index is 0.686. The molecular formula is C12H28N2. The van der Waals surface area contributed by atoms with Gasteiger partial charge in [0.25, 0.3) is 0 Å². The van der Waals surface area contributed by atoms with Crippen LogP contribution >= 0.6 is 0 Å². The maximum atomic E-state index is 5.76. The van der Waals surface area contributed by atoms with Crippen LogP contribution in [0.2, 0.25) is 0 Å². The highest BCUT2D eigenvalue weighted by Crippen LogP contribution is 2.11. The number of nitrogens with zero attached hydrogens (tertiary/aromatic N) is 1. The molecule has 0 amide bonds. The van der Waals surface area contributed by atoms with E-state index in [2.05, 4.69) is 32.7 Å². The van der Waals surface area contributed by atoms with Crippen molar-refractivity contribution >= 4 is 0 Å². The summed E-state index contributed by atoms with van der Waals surface area (Å²) in [7, 11) is 2.23. The molecule has 1 atom stereocenters. The highest BCUT2D eigenvalue weighted by molar-refractivity contribution is 4.70. The largest absolute Gasteiger partial charge is 0.330 e. The van der Waals surface area contributed by atoms with Gasteiger partial charge in [-0.15, -0.1) is 0 Å². The average Bonchev–Trinajstić information content (AvgIpc) is 2.19. The number of nitrogens with two attached hydrogens (primary N) is 1. The molecule has 14 heavy (non-hydrogen) atoms. The third-order valence-electron chi connectivity index (χ3n) is 3.14. The lowest BCUT2D eigenvalue weighted by Crippen LogP contribution is -2.37. The monoisotopic (exact) mass is 200 g/mol. The lowest BCUT2D eigenvalue weighted by molar-refractivity contribution is 0.193. The van der Waals surface area contributed by atoms with E-state index >= 15 is 0 Å². The van der Waals surface area contributed by atoms with Crippen LogP contribution < -0.4 is 5.73 Å². The molecule has 0 aliphatic rings. The van der Waals surface area contributed by atoms with E-state index in [0.717, 1.165) is 19.1 Å². The van der Waals surface area contributed by atoms with Crippen LogP contribution in [0.25, 0.3) is 0 Å². The van der Waals surface area contributed by atoms with Crippen molar-refractivity contribution < 1.29 is 0 Å². The van der Waals surface area contributed by atoms with E-state index in [-0.39, 0.29) is 0 Å². The molecule has 0 saturated heterocycles. The first-order valence-electron chi connectivity index (χ1n) is 6.09. The van der Waals surface area contributed by atoms with Gasteiger partial charge in [0.2, 0.25) is 0 Å². The fourth-order valence-electron chi connectivity index (χ4n) is 2.16. The summed E-state index contributed by atoms with van der Waals surface area (Å²) in [5.41, 5.74) is 5.76. The van der Waals surface area contributed by atoms with Gasteiger partial charge in [0.15, 0.2) is 0 Å². The van der Waals surface area contributed by atoms with Crippen LogP contribution in [0.15, 0.2) is 0 Å². The SMILES string of the molecule is CCCC(CN)CN(C)C(CC)CC. The summed E-state index contributed by atoms with van der Waals surface area (Å²) in [6.45, 7) is 8.76. The van der Waals surface area contributed by atoms with Crippen LogP contribution in [0.4, 0.5) is 0 Å². The lowest BCUT2D eigenvalue weighted by Gasteiger charge is -2.29. The van der Waals surface area contributed by atoms with E-state index in [1.807, 2.05) is 0 Å². The fourth-order valence-corrected chi connectivity index (χ4v) is 2.16. The second-order valence-corrected chi connectivity index (χ2v) is 4.30. The summed E-state index contributed by atoms with van der Waals surface area (Å²) in [6.07, 6.45) is 5.01. The molecule has 0 aromatic carbocycles. The van der Waals surface area contributed by atoms with Crippen LogP contribution in [0, 0.1) is 5.92 Å². The number of hydrogen-bond donors (Lipinski definition) is 1. The Morgan fingerprint density at radius 1 is 1.14 bits per heavy atom. The molecule has 0 saturated carbocycles. The van der Waals surface area contributed by atoms with Gasteiger partial charge >= 0.3 is 0 Å². The smallest absolute Gasteiger partial charge is 0.00870 e. The summed E-state index contributed by atoms with van der Waals surface area (Å²) in [4.78, 5) is 2.48. The van der Waals surface area contributed by atoms with E-state index in [4.69, 9.17) is 5.73 Å². The second-order valence-electron chi connectivity index (χ2n) is 4.30. The Hall–Kier alpha value is -0.0800. The Labute approximate surface area is 89.9 Å². The van der Waals surface area contributed by atoms with Gasteiger partial charge in [-0.3, -0.25) is 0 Å². The molecule has 0 spiro atoms. The summed E-state index contributed by atoms with van der Waals surface area (Å²) < 4.78 is 0. The Kier molecular flexibility index (Phi) is 8.20. The molecular weight excluding hydrogens is 172 g/mol. The Bertz CT molecular complexity index is 121. The quantitative estimate of drug-likeness (QED) is 0.652. The van der Waals surface area contributed by atoms with Gasteiger partial charge in [0, 0.05) is 12.6 Å². The van der Waals surface area contributed by atoms with Crippen molar-refractivity contribution in [2.24, 2.45) is 11.7 Å². The third-order valence-corrected chi connectivity index (χ3v) is 3.14. The summed E-state index contributed by atoms with van der Waals surface area (Å²) in [5.74, 6) is 0.686. The van der Waals surface area contributed by atoms with Crippen molar-refractivity contribution in [1.29, 1.82) is 0 Å². The van der Waals surface area contributed by atoms with Crippen molar-refractivity contribution in [3.8, 4) is 0 Å². The molecule has 0 bridgehead atoms. The zero-order chi connectivity index (χ0) is 11.0. The molecule has 0 aliphatic carbocycles. The molecule has 0 aromatic heterocycles. The maximum Gasteiger partial charge on any atom is 0.00870 e. The Balaban J connectivity index is 3.92. The van der Waals surface area contributed by atoms with E-state index in [1.165, 1.54) is 25.7 Å². The zero-order valence-corrected chi connectivity index (χ0v) is 10.4. The van der Waals surface area contributed by atoms with Crippen molar-refractivity contribution in [3.05, 3.63) is 0 Å². The topological polar surface area (TPSA) is 29.3 Å². The van der Waals surface area contributed by atoms with Gasteiger partial charge in [-0.05, 0) is 38.8 Å². The normalized spacial score (nSPS) is 13.9. The molecule has 2 N–H and O–H groups in total. The van der Waals surface area contributed by atoms with Crippen LogP contribution in [-0.2, 0) is 0 Å². The highest BCUT2D eigenvalue weighted by Gasteiger charge is 2.14. The predicted octanol–water partition coefficient (Wildman–Crippen LogP) is 2.48. The van der Waals surface area contributed by atoms with Crippen LogP contribution in [-0.4, -0.2) is 31.1 Å². The predicted molar refractivity (Wildman–Crippen MR) is 64.5 cm³/mol. The minimum absolute atomic E-state index is 0.686. The molecule has 86 valence electrons. The molecule has 0 aromatic rings. The first-order chi connectivity index (χ1) is 6.69. The van der Waals surface area contributed by atoms with Crippen LogP contribution in [0.5, 0.6) is 0 Å². The Morgan fingerprint density at radius 3 is 2.07 bits per heavy atom. The third kappa shape index (κ3) is 4.97. The van der Waals surface area contributed by atoms with Gasteiger partial charge in [-0.1, -0.05) is 27.2 Å². The molecule has 2 heteroatoms. The second kappa shape index (κ2) is 8.25. The van der Waals surface area contributed by atoms with Gasteiger partial charge in [0.1, 0.15) is 0 Å². The molecule has 0 fully saturated rings. The fraction of sp³-hybridized carbons (Fsp3) is 1.00. The van der Waals surface area contributed by atoms with Crippen LogP contribution in [0.1, 0.15) is 46.5 Å². The van der Waals surface area contributed by atoms with Gasteiger partial charge in [-0.25, -0.2) is 0 Å². The molecule has 0 rings (SSSR count). The molecule has 0 aliphatic heterocycles. The first kappa shape index (κ1) is 13.9. The molecule has 0 radical (unpaired) electrons. The van der Waals surface area contributed by atoms with Gasteiger partial charge < -0.3 is 10.6 Å². The Morgan fingerprint density at radius 2 is 1.71 bits per heavy atom. The van der Waals surface area contributed by atoms with Gasteiger partial charge in [-0.2, -0.15) is 0 Å². The lowest BCUT2D eigenvalue weighted by atomic mass is 10.0. The summed E-state index contributed by atoms with van der Waals surface area (Å²) in [6, 6.07) is 0.737. The first-order valence-corrected chi connectivity index (χ1v) is 6.09. The number of hydrogen-bond acceptors (Lipinski definition) is 2. The van der Waals surface area contributed by atoms with E-state index in [1.54, 1.807) is 0 Å². The van der Waals surface area contributed by atoms with E-state index < -0.39 is 0 Å². The molecule has 1 unspecified atom stereocenters. The highest BCUT2D eigenvalue weighted by atomic mass is 15.1.